The Hall–Kier alpha value is -1.84. The van der Waals surface area contributed by atoms with Crippen LogP contribution in [0.4, 0.5) is 5.69 Å². The normalized spacial score (nSPS) is 23.7. The average Bonchev–Trinajstić information content (AvgIpc) is 3.22. The Balaban J connectivity index is 1.52. The summed E-state index contributed by atoms with van der Waals surface area (Å²) < 4.78 is 0. The van der Waals surface area contributed by atoms with Crippen molar-refractivity contribution in [1.82, 2.24) is 4.90 Å². The summed E-state index contributed by atoms with van der Waals surface area (Å²) in [5.41, 5.74) is 11.8. The van der Waals surface area contributed by atoms with Gasteiger partial charge < -0.3 is 11.1 Å². The molecule has 0 bridgehead atoms. The number of fused-ring (bicyclic) bond motifs is 1. The second kappa shape index (κ2) is 6.34. The lowest BCUT2D eigenvalue weighted by Crippen LogP contribution is -2.23. The van der Waals surface area contributed by atoms with Crippen LogP contribution in [-0.2, 0) is 13.0 Å². The third-order valence-corrected chi connectivity index (χ3v) is 5.37. The van der Waals surface area contributed by atoms with Crippen LogP contribution in [0, 0.1) is 5.92 Å². The molecular formula is C20H25N3. The van der Waals surface area contributed by atoms with Gasteiger partial charge in [-0.15, -0.1) is 0 Å². The van der Waals surface area contributed by atoms with E-state index < -0.39 is 0 Å². The Kier molecular flexibility index (Phi) is 4.06. The average molecular weight is 307 g/mol. The maximum Gasteiger partial charge on any atom is 0.0419 e. The van der Waals surface area contributed by atoms with Crippen molar-refractivity contribution < 1.29 is 0 Å². The van der Waals surface area contributed by atoms with Gasteiger partial charge in [-0.05, 0) is 35.6 Å². The van der Waals surface area contributed by atoms with Gasteiger partial charge in [0.2, 0.25) is 0 Å². The van der Waals surface area contributed by atoms with Crippen molar-refractivity contribution in [2.24, 2.45) is 11.7 Å². The van der Waals surface area contributed by atoms with Crippen molar-refractivity contribution in [3.05, 3.63) is 65.2 Å². The Morgan fingerprint density at radius 3 is 2.74 bits per heavy atom. The van der Waals surface area contributed by atoms with Gasteiger partial charge in [0.15, 0.2) is 0 Å². The minimum absolute atomic E-state index is 0.558. The van der Waals surface area contributed by atoms with Crippen molar-refractivity contribution in [1.29, 1.82) is 0 Å². The second-order valence-electron chi connectivity index (χ2n) is 6.84. The van der Waals surface area contributed by atoms with Gasteiger partial charge >= 0.3 is 0 Å². The van der Waals surface area contributed by atoms with Crippen LogP contribution >= 0.6 is 0 Å². The Morgan fingerprint density at radius 1 is 1.04 bits per heavy atom. The van der Waals surface area contributed by atoms with Gasteiger partial charge in [0, 0.05) is 37.8 Å². The largest absolute Gasteiger partial charge is 0.384 e. The van der Waals surface area contributed by atoms with Gasteiger partial charge in [0.25, 0.3) is 0 Å². The summed E-state index contributed by atoms with van der Waals surface area (Å²) in [6.45, 7) is 5.07. The number of anilines is 1. The van der Waals surface area contributed by atoms with E-state index in [0.29, 0.717) is 11.8 Å². The third-order valence-electron chi connectivity index (χ3n) is 5.37. The molecule has 3 heteroatoms. The zero-order valence-corrected chi connectivity index (χ0v) is 13.5. The summed E-state index contributed by atoms with van der Waals surface area (Å²) in [6, 6.07) is 17.6. The molecule has 23 heavy (non-hydrogen) atoms. The molecule has 3 N–H and O–H groups in total. The monoisotopic (exact) mass is 307 g/mol. The lowest BCUT2D eigenvalue weighted by Gasteiger charge is -2.18. The minimum atomic E-state index is 0.558. The highest BCUT2D eigenvalue weighted by Crippen LogP contribution is 2.34. The van der Waals surface area contributed by atoms with E-state index in [1.54, 1.807) is 0 Å². The Bertz CT molecular complexity index is 668. The minimum Gasteiger partial charge on any atom is -0.384 e. The number of nitrogens with one attached hydrogen (secondary N) is 1. The molecule has 0 aliphatic carbocycles. The lowest BCUT2D eigenvalue weighted by atomic mass is 9.89. The summed E-state index contributed by atoms with van der Waals surface area (Å²) in [5.74, 6) is 1.12. The molecule has 2 aliphatic rings. The van der Waals surface area contributed by atoms with E-state index in [0.717, 1.165) is 39.1 Å². The van der Waals surface area contributed by atoms with Crippen molar-refractivity contribution in [3.63, 3.8) is 0 Å². The molecular weight excluding hydrogens is 282 g/mol. The molecule has 120 valence electrons. The van der Waals surface area contributed by atoms with Gasteiger partial charge in [-0.3, -0.25) is 4.90 Å². The number of rotatable bonds is 4. The smallest absolute Gasteiger partial charge is 0.0419 e. The predicted octanol–water partition coefficient (Wildman–Crippen LogP) is 2.83. The van der Waals surface area contributed by atoms with E-state index in [-0.39, 0.29) is 0 Å². The van der Waals surface area contributed by atoms with Gasteiger partial charge in [-0.25, -0.2) is 0 Å². The molecule has 0 aromatic heterocycles. The zero-order chi connectivity index (χ0) is 15.6. The molecule has 0 radical (unpaired) electrons. The third kappa shape index (κ3) is 2.87. The summed E-state index contributed by atoms with van der Waals surface area (Å²) in [7, 11) is 0. The van der Waals surface area contributed by atoms with E-state index in [1.165, 1.54) is 22.4 Å². The summed E-state index contributed by atoms with van der Waals surface area (Å²) in [4.78, 5) is 2.57. The summed E-state index contributed by atoms with van der Waals surface area (Å²) in [6.07, 6.45) is 1.15. The Labute approximate surface area is 138 Å². The van der Waals surface area contributed by atoms with Gasteiger partial charge in [0.05, 0.1) is 0 Å². The first-order chi connectivity index (χ1) is 11.3. The highest BCUT2D eigenvalue weighted by atomic mass is 15.2. The highest BCUT2D eigenvalue weighted by molar-refractivity contribution is 5.61. The first kappa shape index (κ1) is 14.7. The molecule has 3 nitrogen and oxygen atoms in total. The van der Waals surface area contributed by atoms with Crippen LogP contribution in [0.3, 0.4) is 0 Å². The van der Waals surface area contributed by atoms with Gasteiger partial charge in [-0.1, -0.05) is 48.5 Å². The molecule has 2 aromatic carbocycles. The first-order valence-electron chi connectivity index (χ1n) is 8.67. The van der Waals surface area contributed by atoms with Crippen LogP contribution in [0.5, 0.6) is 0 Å². The molecule has 2 heterocycles. The maximum atomic E-state index is 6.07. The van der Waals surface area contributed by atoms with Gasteiger partial charge in [0.1, 0.15) is 0 Å². The van der Waals surface area contributed by atoms with Gasteiger partial charge in [-0.2, -0.15) is 0 Å². The molecule has 1 saturated heterocycles. The van der Waals surface area contributed by atoms with E-state index >= 15 is 0 Å². The van der Waals surface area contributed by atoms with Crippen LogP contribution < -0.4 is 11.1 Å². The first-order valence-corrected chi connectivity index (χ1v) is 8.67. The number of benzene rings is 2. The van der Waals surface area contributed by atoms with Crippen molar-refractivity contribution in [2.75, 3.05) is 31.5 Å². The highest BCUT2D eigenvalue weighted by Gasteiger charge is 2.33. The molecule has 0 unspecified atom stereocenters. The molecule has 0 spiro atoms. The van der Waals surface area contributed by atoms with E-state index in [4.69, 9.17) is 5.73 Å². The number of nitrogens with zero attached hydrogens (tertiary/aromatic N) is 1. The van der Waals surface area contributed by atoms with E-state index in [9.17, 15) is 0 Å². The Morgan fingerprint density at radius 2 is 1.91 bits per heavy atom. The van der Waals surface area contributed by atoms with Crippen molar-refractivity contribution in [2.45, 2.75) is 18.9 Å². The maximum absolute atomic E-state index is 6.07. The SMILES string of the molecule is NC[C@@H]1CN(Cc2cccc3c2NCC3)C[C@H]1c1ccccc1. The van der Waals surface area contributed by atoms with Crippen LogP contribution in [0.15, 0.2) is 48.5 Å². The predicted molar refractivity (Wildman–Crippen MR) is 95.6 cm³/mol. The molecule has 4 rings (SSSR count). The number of nitrogens with two attached hydrogens (primary N) is 1. The van der Waals surface area contributed by atoms with Crippen molar-refractivity contribution in [3.8, 4) is 0 Å². The van der Waals surface area contributed by atoms with Crippen molar-refractivity contribution >= 4 is 5.69 Å². The summed E-state index contributed by atoms with van der Waals surface area (Å²) >= 11 is 0. The number of hydrogen-bond acceptors (Lipinski definition) is 3. The standard InChI is InChI=1S/C20H25N3/c21-11-18-13-23(14-19(18)15-5-2-1-3-6-15)12-17-8-4-7-16-9-10-22-20(16)17/h1-8,18-19,22H,9-14,21H2/t18-,19+/m1/s1. The van der Waals surface area contributed by atoms with Crippen LogP contribution in [0.25, 0.3) is 0 Å². The molecule has 0 amide bonds. The molecule has 2 atom stereocenters. The molecule has 1 fully saturated rings. The van der Waals surface area contributed by atoms with Crippen LogP contribution in [0.2, 0.25) is 0 Å². The number of likely N-dealkylation sites (tertiary alicyclic amines) is 1. The van der Waals surface area contributed by atoms with Crippen LogP contribution in [-0.4, -0.2) is 31.1 Å². The molecule has 2 aromatic rings. The second-order valence-corrected chi connectivity index (χ2v) is 6.84. The molecule has 2 aliphatic heterocycles. The fraction of sp³-hybridized carbons (Fsp3) is 0.400. The van der Waals surface area contributed by atoms with E-state index in [1.807, 2.05) is 0 Å². The fourth-order valence-electron chi connectivity index (χ4n) is 4.19. The number of para-hydroxylation sites is 1. The molecule has 0 saturated carbocycles. The topological polar surface area (TPSA) is 41.3 Å². The summed E-state index contributed by atoms with van der Waals surface area (Å²) in [5, 5.41) is 3.56. The fourth-order valence-corrected chi connectivity index (χ4v) is 4.19. The van der Waals surface area contributed by atoms with Crippen LogP contribution in [0.1, 0.15) is 22.6 Å². The zero-order valence-electron chi connectivity index (χ0n) is 13.5. The van der Waals surface area contributed by atoms with E-state index in [2.05, 4.69) is 58.7 Å². The lowest BCUT2D eigenvalue weighted by molar-refractivity contribution is 0.317. The number of hydrogen-bond donors (Lipinski definition) is 2. The quantitative estimate of drug-likeness (QED) is 0.912.